The van der Waals surface area contributed by atoms with Gasteiger partial charge in [-0.05, 0) is 37.1 Å². The molecule has 0 atom stereocenters. The van der Waals surface area contributed by atoms with Gasteiger partial charge in [0.1, 0.15) is 5.78 Å². The van der Waals surface area contributed by atoms with Crippen molar-refractivity contribution in [3.8, 4) is 0 Å². The van der Waals surface area contributed by atoms with Gasteiger partial charge in [-0.1, -0.05) is 29.8 Å². The van der Waals surface area contributed by atoms with Crippen molar-refractivity contribution < 1.29 is 4.79 Å². The van der Waals surface area contributed by atoms with Gasteiger partial charge in [0.25, 0.3) is 0 Å². The van der Waals surface area contributed by atoms with Gasteiger partial charge in [0, 0.05) is 24.7 Å². The average Bonchev–Trinajstić information content (AvgIpc) is 2.35. The molecule has 0 fully saturated rings. The number of aryl methyl sites for hydroxylation is 2. The summed E-state index contributed by atoms with van der Waals surface area (Å²) in [6, 6.07) is 11.9. The number of pyridine rings is 1. The van der Waals surface area contributed by atoms with Crippen molar-refractivity contribution in [2.24, 2.45) is 0 Å². The van der Waals surface area contributed by atoms with Crippen molar-refractivity contribution in [2.75, 3.05) is 0 Å². The Balaban J connectivity index is 2.05. The molecule has 0 aliphatic carbocycles. The topological polar surface area (TPSA) is 30.0 Å². The van der Waals surface area contributed by atoms with Crippen molar-refractivity contribution in [1.29, 1.82) is 0 Å². The molecule has 18 heavy (non-hydrogen) atoms. The molecule has 0 bridgehead atoms. The molecular formula is C16H17NO. The van der Waals surface area contributed by atoms with Crippen LogP contribution >= 0.6 is 0 Å². The molecule has 0 radical (unpaired) electrons. The van der Waals surface area contributed by atoms with E-state index in [0.29, 0.717) is 12.8 Å². The number of rotatable bonds is 4. The molecule has 0 saturated carbocycles. The minimum Gasteiger partial charge on any atom is -0.299 e. The summed E-state index contributed by atoms with van der Waals surface area (Å²) in [6.07, 6.45) is 2.62. The van der Waals surface area contributed by atoms with Crippen LogP contribution in [-0.2, 0) is 17.6 Å². The highest BCUT2D eigenvalue weighted by molar-refractivity contribution is 5.83. The first-order valence-electron chi connectivity index (χ1n) is 6.13. The number of carbonyl (C=O) groups excluding carboxylic acids is 1. The van der Waals surface area contributed by atoms with Crippen LogP contribution in [-0.4, -0.2) is 10.8 Å². The van der Waals surface area contributed by atoms with Crippen molar-refractivity contribution in [3.05, 3.63) is 65.0 Å². The predicted molar refractivity (Wildman–Crippen MR) is 72.6 cm³/mol. The standard InChI is InChI=1S/C16H17NO/c1-12-6-7-13(2)14(9-12)10-16(18)11-15-5-3-4-8-17-15/h3-9H,10-11H2,1-2H3. The summed E-state index contributed by atoms with van der Waals surface area (Å²) >= 11 is 0. The van der Waals surface area contributed by atoms with Crippen LogP contribution in [0.3, 0.4) is 0 Å². The van der Waals surface area contributed by atoms with Gasteiger partial charge in [-0.3, -0.25) is 9.78 Å². The zero-order valence-electron chi connectivity index (χ0n) is 10.8. The Morgan fingerprint density at radius 3 is 2.67 bits per heavy atom. The molecule has 1 aromatic carbocycles. The summed E-state index contributed by atoms with van der Waals surface area (Å²) < 4.78 is 0. The zero-order chi connectivity index (χ0) is 13.0. The highest BCUT2D eigenvalue weighted by atomic mass is 16.1. The minimum absolute atomic E-state index is 0.211. The van der Waals surface area contributed by atoms with E-state index in [4.69, 9.17) is 0 Å². The molecule has 2 rings (SSSR count). The van der Waals surface area contributed by atoms with Crippen molar-refractivity contribution in [3.63, 3.8) is 0 Å². The second kappa shape index (κ2) is 5.58. The van der Waals surface area contributed by atoms with Crippen molar-refractivity contribution in [2.45, 2.75) is 26.7 Å². The third kappa shape index (κ3) is 3.27. The molecule has 0 saturated heterocycles. The van der Waals surface area contributed by atoms with E-state index in [-0.39, 0.29) is 5.78 Å². The number of Topliss-reactive ketones (excluding diaryl/α,β-unsaturated/α-hetero) is 1. The molecule has 2 nitrogen and oxygen atoms in total. The predicted octanol–water partition coefficient (Wildman–Crippen LogP) is 3.05. The second-order valence-electron chi connectivity index (χ2n) is 4.64. The molecule has 92 valence electrons. The molecule has 0 unspecified atom stereocenters. The van der Waals surface area contributed by atoms with E-state index >= 15 is 0 Å². The lowest BCUT2D eigenvalue weighted by molar-refractivity contribution is -0.117. The summed E-state index contributed by atoms with van der Waals surface area (Å²) in [5, 5.41) is 0. The second-order valence-corrected chi connectivity index (χ2v) is 4.64. The highest BCUT2D eigenvalue weighted by Crippen LogP contribution is 2.12. The lowest BCUT2D eigenvalue weighted by atomic mass is 9.99. The molecular weight excluding hydrogens is 222 g/mol. The van der Waals surface area contributed by atoms with Gasteiger partial charge in [0.15, 0.2) is 0 Å². The molecule has 2 aromatic rings. The lowest BCUT2D eigenvalue weighted by Gasteiger charge is -2.06. The van der Waals surface area contributed by atoms with Gasteiger partial charge in [-0.2, -0.15) is 0 Å². The molecule has 0 aliphatic heterocycles. The van der Waals surface area contributed by atoms with E-state index in [1.807, 2.05) is 32.0 Å². The molecule has 0 N–H and O–H groups in total. The Morgan fingerprint density at radius 1 is 1.11 bits per heavy atom. The number of hydrogen-bond donors (Lipinski definition) is 0. The number of ketones is 1. The Morgan fingerprint density at radius 2 is 1.94 bits per heavy atom. The van der Waals surface area contributed by atoms with E-state index < -0.39 is 0 Å². The normalized spacial score (nSPS) is 10.3. The summed E-state index contributed by atoms with van der Waals surface area (Å²) in [5.41, 5.74) is 4.33. The Bertz CT molecular complexity index is 546. The maximum atomic E-state index is 12.0. The fourth-order valence-corrected chi connectivity index (χ4v) is 1.97. The fourth-order valence-electron chi connectivity index (χ4n) is 1.97. The molecule has 1 heterocycles. The molecule has 0 spiro atoms. The average molecular weight is 239 g/mol. The SMILES string of the molecule is Cc1ccc(C)c(CC(=O)Cc2ccccn2)c1. The maximum absolute atomic E-state index is 12.0. The van der Waals surface area contributed by atoms with Crippen LogP contribution in [0.2, 0.25) is 0 Å². The number of carbonyl (C=O) groups is 1. The first kappa shape index (κ1) is 12.5. The monoisotopic (exact) mass is 239 g/mol. The largest absolute Gasteiger partial charge is 0.299 e. The van der Waals surface area contributed by atoms with Crippen molar-refractivity contribution >= 4 is 5.78 Å². The van der Waals surface area contributed by atoms with Gasteiger partial charge < -0.3 is 0 Å². The lowest BCUT2D eigenvalue weighted by Crippen LogP contribution is -2.08. The van der Waals surface area contributed by atoms with E-state index in [1.54, 1.807) is 6.20 Å². The van der Waals surface area contributed by atoms with Gasteiger partial charge in [0.2, 0.25) is 0 Å². The van der Waals surface area contributed by atoms with E-state index in [2.05, 4.69) is 23.2 Å². The Labute approximate surface area is 108 Å². The van der Waals surface area contributed by atoms with Gasteiger partial charge >= 0.3 is 0 Å². The van der Waals surface area contributed by atoms with Crippen LogP contribution < -0.4 is 0 Å². The van der Waals surface area contributed by atoms with Crippen LogP contribution in [0.1, 0.15) is 22.4 Å². The van der Waals surface area contributed by atoms with E-state index in [1.165, 1.54) is 11.1 Å². The maximum Gasteiger partial charge on any atom is 0.143 e. The highest BCUT2D eigenvalue weighted by Gasteiger charge is 2.08. The minimum atomic E-state index is 0.211. The van der Waals surface area contributed by atoms with Crippen LogP contribution in [0.15, 0.2) is 42.6 Å². The fraction of sp³-hybridized carbons (Fsp3) is 0.250. The van der Waals surface area contributed by atoms with Crippen LogP contribution in [0.25, 0.3) is 0 Å². The Kier molecular flexibility index (Phi) is 3.88. The summed E-state index contributed by atoms with van der Waals surface area (Å²) in [7, 11) is 0. The molecule has 1 aromatic heterocycles. The molecule has 0 aliphatic rings. The number of benzene rings is 1. The van der Waals surface area contributed by atoms with Crippen LogP contribution in [0.5, 0.6) is 0 Å². The van der Waals surface area contributed by atoms with Gasteiger partial charge in [-0.25, -0.2) is 0 Å². The number of hydrogen-bond acceptors (Lipinski definition) is 2. The number of nitrogens with zero attached hydrogens (tertiary/aromatic N) is 1. The quantitative estimate of drug-likeness (QED) is 0.820. The summed E-state index contributed by atoms with van der Waals surface area (Å²) in [5.74, 6) is 0.211. The smallest absolute Gasteiger partial charge is 0.143 e. The molecule has 2 heteroatoms. The first-order chi connectivity index (χ1) is 8.65. The first-order valence-corrected chi connectivity index (χ1v) is 6.13. The van der Waals surface area contributed by atoms with Crippen LogP contribution in [0, 0.1) is 13.8 Å². The third-order valence-electron chi connectivity index (χ3n) is 3.00. The summed E-state index contributed by atoms with van der Waals surface area (Å²) in [4.78, 5) is 16.2. The third-order valence-corrected chi connectivity index (χ3v) is 3.00. The van der Waals surface area contributed by atoms with Gasteiger partial charge in [-0.15, -0.1) is 0 Å². The summed E-state index contributed by atoms with van der Waals surface area (Å²) in [6.45, 7) is 4.09. The molecule has 0 amide bonds. The van der Waals surface area contributed by atoms with Gasteiger partial charge in [0.05, 0.1) is 0 Å². The van der Waals surface area contributed by atoms with E-state index in [0.717, 1.165) is 11.3 Å². The number of aromatic nitrogens is 1. The van der Waals surface area contributed by atoms with E-state index in [9.17, 15) is 4.79 Å². The van der Waals surface area contributed by atoms with Crippen molar-refractivity contribution in [1.82, 2.24) is 4.98 Å². The van der Waals surface area contributed by atoms with Crippen LogP contribution in [0.4, 0.5) is 0 Å². The Hall–Kier alpha value is -1.96. The zero-order valence-corrected chi connectivity index (χ0v) is 10.8.